The van der Waals surface area contributed by atoms with Crippen LogP contribution in [0, 0.1) is 11.3 Å². The maximum Gasteiger partial charge on any atom is 0.348 e. The van der Waals surface area contributed by atoms with Crippen LogP contribution in [0.25, 0.3) is 0 Å². The van der Waals surface area contributed by atoms with Gasteiger partial charge >= 0.3 is 5.97 Å². The Hall–Kier alpha value is -0.820. The van der Waals surface area contributed by atoms with Crippen LogP contribution in [0.2, 0.25) is 0 Å². The minimum Gasteiger partial charge on any atom is -0.462 e. The molecular formula is C11H14BrNO2. The Morgan fingerprint density at radius 2 is 2.40 bits per heavy atom. The minimum atomic E-state index is -0.485. The number of ether oxygens (including phenoxy) is 1. The highest BCUT2D eigenvalue weighted by molar-refractivity contribution is 9.09. The van der Waals surface area contributed by atoms with E-state index in [4.69, 9.17) is 10.00 Å². The molecule has 1 atom stereocenters. The summed E-state index contributed by atoms with van der Waals surface area (Å²) < 4.78 is 4.86. The highest BCUT2D eigenvalue weighted by Crippen LogP contribution is 2.31. The number of allylic oxidation sites excluding steroid dienone is 1. The van der Waals surface area contributed by atoms with E-state index in [1.165, 1.54) is 0 Å². The predicted octanol–water partition coefficient (Wildman–Crippen LogP) is 2.71. The third-order valence-electron chi connectivity index (χ3n) is 2.44. The van der Waals surface area contributed by atoms with E-state index in [1.54, 1.807) is 6.92 Å². The lowest BCUT2D eigenvalue weighted by molar-refractivity contribution is -0.138. The van der Waals surface area contributed by atoms with Gasteiger partial charge in [0.05, 0.1) is 6.61 Å². The van der Waals surface area contributed by atoms with E-state index in [0.717, 1.165) is 31.3 Å². The Bertz CT molecular complexity index is 317. The van der Waals surface area contributed by atoms with Gasteiger partial charge in [0.25, 0.3) is 0 Å². The van der Waals surface area contributed by atoms with Gasteiger partial charge < -0.3 is 4.74 Å². The molecule has 1 rings (SSSR count). The zero-order valence-electron chi connectivity index (χ0n) is 8.75. The van der Waals surface area contributed by atoms with Crippen molar-refractivity contribution in [3.63, 3.8) is 0 Å². The Balaban J connectivity index is 2.91. The van der Waals surface area contributed by atoms with Crippen molar-refractivity contribution in [3.05, 3.63) is 11.1 Å². The number of carbonyl (C=O) groups excluding carboxylic acids is 1. The molecule has 82 valence electrons. The van der Waals surface area contributed by atoms with Crippen LogP contribution < -0.4 is 0 Å². The molecule has 3 nitrogen and oxygen atoms in total. The average Bonchev–Trinajstić information content (AvgIpc) is 2.22. The van der Waals surface area contributed by atoms with Crippen molar-refractivity contribution in [3.8, 4) is 6.07 Å². The maximum atomic E-state index is 11.5. The number of rotatable bonds is 2. The molecule has 1 aliphatic carbocycles. The van der Waals surface area contributed by atoms with E-state index in [0.29, 0.717) is 6.61 Å². The van der Waals surface area contributed by atoms with Crippen molar-refractivity contribution < 1.29 is 9.53 Å². The van der Waals surface area contributed by atoms with Gasteiger partial charge in [-0.25, -0.2) is 4.79 Å². The minimum absolute atomic E-state index is 0.158. The van der Waals surface area contributed by atoms with Crippen molar-refractivity contribution in [1.82, 2.24) is 0 Å². The molecule has 0 spiro atoms. The van der Waals surface area contributed by atoms with Gasteiger partial charge in [-0.3, -0.25) is 0 Å². The molecule has 0 heterocycles. The summed E-state index contributed by atoms with van der Waals surface area (Å²) in [6, 6.07) is 1.96. The number of hydrogen-bond acceptors (Lipinski definition) is 3. The lowest BCUT2D eigenvalue weighted by Gasteiger charge is -2.20. The molecule has 0 aromatic carbocycles. The third kappa shape index (κ3) is 3.07. The third-order valence-corrected chi connectivity index (χ3v) is 3.45. The van der Waals surface area contributed by atoms with Gasteiger partial charge in [0.2, 0.25) is 0 Å². The molecule has 0 aliphatic heterocycles. The quantitative estimate of drug-likeness (QED) is 0.336. The molecular weight excluding hydrogens is 258 g/mol. The zero-order chi connectivity index (χ0) is 11.3. The number of esters is 1. The molecule has 0 aromatic heterocycles. The van der Waals surface area contributed by atoms with Gasteiger partial charge in [-0.05, 0) is 31.8 Å². The summed E-state index contributed by atoms with van der Waals surface area (Å²) in [5, 5.41) is 8.96. The van der Waals surface area contributed by atoms with Crippen LogP contribution in [-0.4, -0.2) is 17.4 Å². The summed E-state index contributed by atoms with van der Waals surface area (Å²) in [4.78, 5) is 11.7. The SMILES string of the molecule is CCOC(=O)/C(C#N)=C1\CCCCC1Br. The Kier molecular flexibility index (Phi) is 4.83. The summed E-state index contributed by atoms with van der Waals surface area (Å²) in [5.41, 5.74) is 1.10. The molecule has 0 N–H and O–H groups in total. The fourth-order valence-electron chi connectivity index (χ4n) is 1.70. The van der Waals surface area contributed by atoms with Gasteiger partial charge in [0.1, 0.15) is 11.6 Å². The van der Waals surface area contributed by atoms with Gasteiger partial charge in [-0.1, -0.05) is 22.4 Å². The van der Waals surface area contributed by atoms with Gasteiger partial charge in [-0.2, -0.15) is 5.26 Å². The molecule has 0 radical (unpaired) electrons. The fraction of sp³-hybridized carbons (Fsp3) is 0.636. The molecule has 4 heteroatoms. The van der Waals surface area contributed by atoms with Crippen LogP contribution in [0.5, 0.6) is 0 Å². The molecule has 1 unspecified atom stereocenters. The second kappa shape index (κ2) is 5.92. The summed E-state index contributed by atoms with van der Waals surface area (Å²) >= 11 is 3.50. The molecule has 1 fully saturated rings. The Morgan fingerprint density at radius 1 is 1.67 bits per heavy atom. The van der Waals surface area contributed by atoms with E-state index in [1.807, 2.05) is 6.07 Å². The van der Waals surface area contributed by atoms with E-state index in [-0.39, 0.29) is 10.4 Å². The highest BCUT2D eigenvalue weighted by Gasteiger charge is 2.24. The van der Waals surface area contributed by atoms with Crippen LogP contribution >= 0.6 is 15.9 Å². The van der Waals surface area contributed by atoms with Crippen molar-refractivity contribution in [1.29, 1.82) is 5.26 Å². The molecule has 0 saturated heterocycles. The van der Waals surface area contributed by atoms with Crippen LogP contribution in [0.1, 0.15) is 32.6 Å². The number of carbonyl (C=O) groups is 1. The van der Waals surface area contributed by atoms with Crippen molar-refractivity contribution in [2.24, 2.45) is 0 Å². The van der Waals surface area contributed by atoms with E-state index < -0.39 is 5.97 Å². The number of alkyl halides is 1. The monoisotopic (exact) mass is 271 g/mol. The van der Waals surface area contributed by atoms with Crippen LogP contribution in [0.15, 0.2) is 11.1 Å². The first-order valence-electron chi connectivity index (χ1n) is 5.15. The first-order chi connectivity index (χ1) is 7.20. The first-order valence-corrected chi connectivity index (χ1v) is 6.06. The molecule has 15 heavy (non-hydrogen) atoms. The maximum absolute atomic E-state index is 11.5. The standard InChI is InChI=1S/C11H14BrNO2/c1-2-15-11(14)9(7-13)8-5-3-4-6-10(8)12/h10H,2-6H2,1H3/b9-8+. The van der Waals surface area contributed by atoms with Crippen molar-refractivity contribution in [2.75, 3.05) is 6.61 Å². The fourth-order valence-corrected chi connectivity index (χ4v) is 2.48. The summed E-state index contributed by atoms with van der Waals surface area (Å²) in [6.45, 7) is 2.05. The molecule has 0 amide bonds. The lowest BCUT2D eigenvalue weighted by Crippen LogP contribution is -2.16. The highest BCUT2D eigenvalue weighted by atomic mass is 79.9. The van der Waals surface area contributed by atoms with Crippen LogP contribution in [0.3, 0.4) is 0 Å². The lowest BCUT2D eigenvalue weighted by atomic mass is 9.91. The summed E-state index contributed by atoms with van der Waals surface area (Å²) in [6.07, 6.45) is 3.99. The van der Waals surface area contributed by atoms with Gasteiger partial charge in [0, 0.05) is 4.83 Å². The van der Waals surface area contributed by atoms with Crippen molar-refractivity contribution in [2.45, 2.75) is 37.4 Å². The molecule has 0 bridgehead atoms. The Labute approximate surface area is 98.2 Å². The number of nitrogens with zero attached hydrogens (tertiary/aromatic N) is 1. The van der Waals surface area contributed by atoms with E-state index in [9.17, 15) is 4.79 Å². The molecule has 1 saturated carbocycles. The summed E-state index contributed by atoms with van der Waals surface area (Å²) in [5.74, 6) is -0.485. The smallest absolute Gasteiger partial charge is 0.348 e. The first kappa shape index (κ1) is 12.3. The predicted molar refractivity (Wildman–Crippen MR) is 60.5 cm³/mol. The van der Waals surface area contributed by atoms with Crippen molar-refractivity contribution >= 4 is 21.9 Å². The number of nitriles is 1. The molecule has 0 aromatic rings. The van der Waals surface area contributed by atoms with Gasteiger partial charge in [-0.15, -0.1) is 0 Å². The van der Waals surface area contributed by atoms with E-state index in [2.05, 4.69) is 15.9 Å². The second-order valence-corrected chi connectivity index (χ2v) is 4.55. The van der Waals surface area contributed by atoms with Crippen LogP contribution in [0.4, 0.5) is 0 Å². The van der Waals surface area contributed by atoms with E-state index >= 15 is 0 Å². The molecule has 1 aliphatic rings. The average molecular weight is 272 g/mol. The van der Waals surface area contributed by atoms with Gasteiger partial charge in [0.15, 0.2) is 0 Å². The summed E-state index contributed by atoms with van der Waals surface area (Å²) in [7, 11) is 0. The zero-order valence-corrected chi connectivity index (χ0v) is 10.3. The largest absolute Gasteiger partial charge is 0.462 e. The number of hydrogen-bond donors (Lipinski definition) is 0. The van der Waals surface area contributed by atoms with Crippen LogP contribution in [-0.2, 0) is 9.53 Å². The topological polar surface area (TPSA) is 50.1 Å². The number of halogens is 1. The second-order valence-electron chi connectivity index (χ2n) is 3.45. The Morgan fingerprint density at radius 3 is 2.93 bits per heavy atom. The normalized spacial score (nSPS) is 24.2.